The maximum absolute atomic E-state index is 13.5. The molecule has 9 heteroatoms. The third-order valence-corrected chi connectivity index (χ3v) is 6.29. The van der Waals surface area contributed by atoms with Crippen LogP contribution in [0.3, 0.4) is 0 Å². The van der Waals surface area contributed by atoms with Crippen LogP contribution < -0.4 is 4.72 Å². The van der Waals surface area contributed by atoms with Gasteiger partial charge < -0.3 is 0 Å². The maximum Gasteiger partial charge on any atom is 0.306 e. The van der Waals surface area contributed by atoms with Crippen molar-refractivity contribution in [1.82, 2.24) is 4.72 Å². The number of halogens is 1. The van der Waals surface area contributed by atoms with Crippen LogP contribution in [0.4, 0.5) is 10.1 Å². The minimum atomic E-state index is -4.13. The standard InChI is InChI=1S/C18H15FN2O4S2/c1-12-4-6-13(7-5-12)18(17-3-2-10-26-17)20-27(24,25)14-8-9-15(19)16(11-14)21(22)23/h2-11,18,20H,1H3/t18-/m1/s1. The van der Waals surface area contributed by atoms with Gasteiger partial charge in [-0.15, -0.1) is 11.3 Å². The van der Waals surface area contributed by atoms with Crippen LogP contribution in [0, 0.1) is 22.9 Å². The van der Waals surface area contributed by atoms with Gasteiger partial charge in [0.15, 0.2) is 0 Å². The van der Waals surface area contributed by atoms with Gasteiger partial charge in [0.2, 0.25) is 15.8 Å². The smallest absolute Gasteiger partial charge is 0.258 e. The summed E-state index contributed by atoms with van der Waals surface area (Å²) in [6, 6.07) is 12.8. The van der Waals surface area contributed by atoms with E-state index in [2.05, 4.69) is 4.72 Å². The molecule has 0 aliphatic heterocycles. The summed E-state index contributed by atoms with van der Waals surface area (Å²) in [4.78, 5) is 10.4. The van der Waals surface area contributed by atoms with Gasteiger partial charge in [0.05, 0.1) is 15.9 Å². The van der Waals surface area contributed by atoms with Crippen molar-refractivity contribution >= 4 is 27.0 Å². The van der Waals surface area contributed by atoms with E-state index in [0.29, 0.717) is 0 Å². The van der Waals surface area contributed by atoms with Crippen LogP contribution in [0.25, 0.3) is 0 Å². The second kappa shape index (κ2) is 7.55. The normalized spacial score (nSPS) is 12.7. The molecule has 1 N–H and O–H groups in total. The fourth-order valence-corrected chi connectivity index (χ4v) is 4.63. The molecule has 0 saturated carbocycles. The van der Waals surface area contributed by atoms with Gasteiger partial charge in [-0.05, 0) is 36.1 Å². The number of sulfonamides is 1. The predicted octanol–water partition coefficient (Wildman–Crippen LogP) is 4.17. The van der Waals surface area contributed by atoms with Crippen molar-refractivity contribution in [2.45, 2.75) is 17.9 Å². The molecule has 0 spiro atoms. The Labute approximate surface area is 159 Å². The van der Waals surface area contributed by atoms with Gasteiger partial charge in [-0.3, -0.25) is 10.1 Å². The summed E-state index contributed by atoms with van der Waals surface area (Å²) in [6.45, 7) is 1.92. The molecule has 0 saturated heterocycles. The van der Waals surface area contributed by atoms with Crippen molar-refractivity contribution in [1.29, 1.82) is 0 Å². The largest absolute Gasteiger partial charge is 0.306 e. The maximum atomic E-state index is 13.5. The lowest BCUT2D eigenvalue weighted by atomic mass is 10.0. The first-order valence-electron chi connectivity index (χ1n) is 7.84. The minimum absolute atomic E-state index is 0.371. The summed E-state index contributed by atoms with van der Waals surface area (Å²) in [5.41, 5.74) is 0.866. The third kappa shape index (κ3) is 4.21. The molecule has 1 heterocycles. The summed E-state index contributed by atoms with van der Waals surface area (Å²) in [5, 5.41) is 12.7. The second-order valence-corrected chi connectivity index (χ2v) is 8.54. The van der Waals surface area contributed by atoms with Gasteiger partial charge >= 0.3 is 5.69 Å². The van der Waals surface area contributed by atoms with Crippen molar-refractivity contribution < 1.29 is 17.7 Å². The van der Waals surface area contributed by atoms with E-state index in [1.165, 1.54) is 11.3 Å². The summed E-state index contributed by atoms with van der Waals surface area (Å²) in [7, 11) is -4.13. The Morgan fingerprint density at radius 3 is 2.44 bits per heavy atom. The Balaban J connectivity index is 2.01. The second-order valence-electron chi connectivity index (χ2n) is 5.85. The third-order valence-electron chi connectivity index (χ3n) is 3.94. The van der Waals surface area contributed by atoms with Crippen LogP contribution >= 0.6 is 11.3 Å². The summed E-state index contributed by atoms with van der Waals surface area (Å²) in [6.07, 6.45) is 0. The highest BCUT2D eigenvalue weighted by Crippen LogP contribution is 2.29. The molecule has 0 unspecified atom stereocenters. The Morgan fingerprint density at radius 1 is 1.15 bits per heavy atom. The average Bonchev–Trinajstić information content (AvgIpc) is 3.15. The lowest BCUT2D eigenvalue weighted by Gasteiger charge is -2.18. The Morgan fingerprint density at radius 2 is 1.85 bits per heavy atom. The number of hydrogen-bond acceptors (Lipinski definition) is 5. The van der Waals surface area contributed by atoms with E-state index in [-0.39, 0.29) is 4.90 Å². The number of nitro benzene ring substituents is 1. The lowest BCUT2D eigenvalue weighted by molar-refractivity contribution is -0.387. The molecular weight excluding hydrogens is 391 g/mol. The first kappa shape index (κ1) is 19.2. The van der Waals surface area contributed by atoms with Crippen LogP contribution in [-0.2, 0) is 10.0 Å². The van der Waals surface area contributed by atoms with Crippen LogP contribution in [-0.4, -0.2) is 13.3 Å². The molecule has 0 radical (unpaired) electrons. The number of thiophene rings is 1. The Kier molecular flexibility index (Phi) is 5.36. The summed E-state index contributed by atoms with van der Waals surface area (Å²) >= 11 is 1.38. The Hall–Kier alpha value is -2.62. The fourth-order valence-electron chi connectivity index (χ4n) is 2.53. The van der Waals surface area contributed by atoms with E-state index in [4.69, 9.17) is 0 Å². The van der Waals surface area contributed by atoms with Crippen molar-refractivity contribution in [2.75, 3.05) is 0 Å². The van der Waals surface area contributed by atoms with Crippen molar-refractivity contribution in [3.8, 4) is 0 Å². The number of aryl methyl sites for hydroxylation is 1. The number of rotatable bonds is 6. The highest BCUT2D eigenvalue weighted by molar-refractivity contribution is 7.89. The first-order chi connectivity index (χ1) is 12.8. The van der Waals surface area contributed by atoms with Gasteiger partial charge in [-0.25, -0.2) is 8.42 Å². The van der Waals surface area contributed by atoms with Crippen LogP contribution in [0.15, 0.2) is 64.9 Å². The van der Waals surface area contributed by atoms with Crippen LogP contribution in [0.5, 0.6) is 0 Å². The number of nitrogens with one attached hydrogen (secondary N) is 1. The van der Waals surface area contributed by atoms with Gasteiger partial charge in [0.25, 0.3) is 0 Å². The molecule has 0 aliphatic rings. The minimum Gasteiger partial charge on any atom is -0.258 e. The van der Waals surface area contributed by atoms with Gasteiger partial charge in [0.1, 0.15) is 0 Å². The molecule has 1 atom stereocenters. The van der Waals surface area contributed by atoms with Crippen LogP contribution in [0.1, 0.15) is 22.0 Å². The van der Waals surface area contributed by atoms with Crippen molar-refractivity contribution in [3.63, 3.8) is 0 Å². The molecule has 0 bridgehead atoms. The van der Waals surface area contributed by atoms with E-state index in [0.717, 1.165) is 34.2 Å². The fraction of sp³-hybridized carbons (Fsp3) is 0.111. The molecule has 0 amide bonds. The van der Waals surface area contributed by atoms with Crippen LogP contribution in [0.2, 0.25) is 0 Å². The molecule has 2 aromatic carbocycles. The molecule has 3 aromatic rings. The molecule has 140 valence electrons. The SMILES string of the molecule is Cc1ccc([C@@H](NS(=O)(=O)c2ccc(F)c([N+](=O)[O-])c2)c2cccs2)cc1. The topological polar surface area (TPSA) is 89.3 Å². The summed E-state index contributed by atoms with van der Waals surface area (Å²) < 4.78 is 41.7. The quantitative estimate of drug-likeness (QED) is 0.491. The van der Waals surface area contributed by atoms with Gasteiger partial charge in [-0.2, -0.15) is 9.11 Å². The highest BCUT2D eigenvalue weighted by Gasteiger charge is 2.26. The number of nitro groups is 1. The molecule has 27 heavy (non-hydrogen) atoms. The first-order valence-corrected chi connectivity index (χ1v) is 10.2. The zero-order chi connectivity index (χ0) is 19.6. The van der Waals surface area contributed by atoms with E-state index >= 15 is 0 Å². The zero-order valence-electron chi connectivity index (χ0n) is 14.1. The molecule has 3 rings (SSSR count). The predicted molar refractivity (Wildman–Crippen MR) is 101 cm³/mol. The zero-order valence-corrected chi connectivity index (χ0v) is 15.8. The van der Waals surface area contributed by atoms with Gasteiger partial charge in [0, 0.05) is 10.9 Å². The van der Waals surface area contributed by atoms with Gasteiger partial charge in [-0.1, -0.05) is 35.9 Å². The van der Waals surface area contributed by atoms with E-state index in [1.54, 1.807) is 12.1 Å². The molecule has 0 aliphatic carbocycles. The molecule has 6 nitrogen and oxygen atoms in total. The number of nitrogens with zero attached hydrogens (tertiary/aromatic N) is 1. The van der Waals surface area contributed by atoms with E-state index < -0.39 is 32.5 Å². The van der Waals surface area contributed by atoms with E-state index in [9.17, 15) is 22.9 Å². The Bertz CT molecular complexity index is 1070. The molecule has 0 fully saturated rings. The van der Waals surface area contributed by atoms with Crippen molar-refractivity contribution in [2.24, 2.45) is 0 Å². The highest BCUT2D eigenvalue weighted by atomic mass is 32.2. The van der Waals surface area contributed by atoms with Crippen molar-refractivity contribution in [3.05, 3.63) is 91.9 Å². The number of hydrogen-bond donors (Lipinski definition) is 1. The average molecular weight is 406 g/mol. The summed E-state index contributed by atoms with van der Waals surface area (Å²) in [5.74, 6) is -1.09. The molecular formula is C18H15FN2O4S2. The molecule has 1 aromatic heterocycles. The monoisotopic (exact) mass is 406 g/mol. The number of benzene rings is 2. The van der Waals surface area contributed by atoms with E-state index in [1.807, 2.05) is 36.6 Å². The lowest BCUT2D eigenvalue weighted by Crippen LogP contribution is -2.29.